The van der Waals surface area contributed by atoms with Gasteiger partial charge < -0.3 is 15.7 Å². The van der Waals surface area contributed by atoms with E-state index >= 15 is 0 Å². The van der Waals surface area contributed by atoms with Gasteiger partial charge in [-0.05, 0) is 33.6 Å². The quantitative estimate of drug-likeness (QED) is 0.683. The van der Waals surface area contributed by atoms with Crippen molar-refractivity contribution in [2.45, 2.75) is 53.5 Å². The Morgan fingerprint density at radius 1 is 1.22 bits per heavy atom. The van der Waals surface area contributed by atoms with Crippen LogP contribution in [-0.4, -0.2) is 29.2 Å². The number of hydrogen-bond acceptors (Lipinski definition) is 2. The largest absolute Gasteiger partial charge is 0.481 e. The summed E-state index contributed by atoms with van der Waals surface area (Å²) < 4.78 is 0. The minimum Gasteiger partial charge on any atom is -0.481 e. The van der Waals surface area contributed by atoms with Crippen molar-refractivity contribution in [3.8, 4) is 0 Å². The van der Waals surface area contributed by atoms with Crippen molar-refractivity contribution in [2.75, 3.05) is 6.54 Å². The number of aliphatic carboxylic acids is 1. The number of carboxylic acids is 1. The van der Waals surface area contributed by atoms with Crippen LogP contribution < -0.4 is 10.6 Å². The summed E-state index contributed by atoms with van der Waals surface area (Å²) >= 11 is 0. The number of carboxylic acid groups (broad SMARTS) is 1. The summed E-state index contributed by atoms with van der Waals surface area (Å²) in [5, 5.41) is 14.7. The molecule has 1 unspecified atom stereocenters. The molecule has 0 aliphatic heterocycles. The van der Waals surface area contributed by atoms with Gasteiger partial charge in [0, 0.05) is 6.54 Å². The molecule has 0 aliphatic carbocycles. The Bertz CT molecular complexity index is 311. The Labute approximate surface area is 109 Å². The van der Waals surface area contributed by atoms with Crippen molar-refractivity contribution >= 4 is 12.0 Å². The van der Waals surface area contributed by atoms with Crippen molar-refractivity contribution in [3.63, 3.8) is 0 Å². The molecule has 0 aromatic heterocycles. The van der Waals surface area contributed by atoms with Crippen LogP contribution in [-0.2, 0) is 4.79 Å². The van der Waals surface area contributed by atoms with Gasteiger partial charge in [0.2, 0.25) is 0 Å². The zero-order valence-corrected chi connectivity index (χ0v) is 12.3. The summed E-state index contributed by atoms with van der Waals surface area (Å²) in [5.74, 6) is -0.527. The predicted octanol–water partition coefficient (Wildman–Crippen LogP) is 2.22. The molecule has 0 radical (unpaired) electrons. The maximum atomic E-state index is 11.7. The van der Waals surface area contributed by atoms with E-state index in [1.165, 1.54) is 0 Å². The molecule has 0 fully saturated rings. The maximum Gasteiger partial charge on any atom is 0.315 e. The van der Waals surface area contributed by atoms with Crippen LogP contribution in [0.1, 0.15) is 48.0 Å². The highest BCUT2D eigenvalue weighted by Crippen LogP contribution is 2.30. The third-order valence-electron chi connectivity index (χ3n) is 3.83. The Balaban J connectivity index is 4.50. The van der Waals surface area contributed by atoms with Gasteiger partial charge >= 0.3 is 12.0 Å². The van der Waals surface area contributed by atoms with Crippen molar-refractivity contribution in [2.24, 2.45) is 11.3 Å². The van der Waals surface area contributed by atoms with Crippen LogP contribution in [0.15, 0.2) is 0 Å². The first-order chi connectivity index (χ1) is 8.04. The monoisotopic (exact) mass is 258 g/mol. The summed E-state index contributed by atoms with van der Waals surface area (Å²) in [6, 6.07) is -0.324. The third-order valence-corrected chi connectivity index (χ3v) is 3.83. The number of urea groups is 1. The average Bonchev–Trinajstić information content (AvgIpc) is 2.24. The summed E-state index contributed by atoms with van der Waals surface area (Å²) in [6.45, 7) is 11.3. The first-order valence-corrected chi connectivity index (χ1v) is 6.34. The highest BCUT2D eigenvalue weighted by molar-refractivity contribution is 5.79. The summed E-state index contributed by atoms with van der Waals surface area (Å²) in [7, 11) is 0. The number of rotatable bonds is 6. The molecule has 1 atom stereocenters. The fraction of sp³-hybridized carbons (Fsp3) is 0.846. The molecule has 3 N–H and O–H groups in total. The van der Waals surface area contributed by atoms with Gasteiger partial charge in [-0.3, -0.25) is 4.79 Å². The molecule has 0 saturated carbocycles. The van der Waals surface area contributed by atoms with Gasteiger partial charge in [0.15, 0.2) is 0 Å². The van der Waals surface area contributed by atoms with Crippen LogP contribution in [0, 0.1) is 11.3 Å². The molecule has 0 heterocycles. The molecule has 0 aromatic rings. The fourth-order valence-corrected chi connectivity index (χ4v) is 1.16. The van der Waals surface area contributed by atoms with Gasteiger partial charge in [0.1, 0.15) is 0 Å². The molecule has 5 nitrogen and oxygen atoms in total. The topological polar surface area (TPSA) is 78.4 Å². The van der Waals surface area contributed by atoms with Crippen molar-refractivity contribution in [1.82, 2.24) is 10.6 Å². The number of nitrogens with one attached hydrogen (secondary N) is 2. The van der Waals surface area contributed by atoms with Crippen LogP contribution in [0.3, 0.4) is 0 Å². The Morgan fingerprint density at radius 3 is 2.11 bits per heavy atom. The van der Waals surface area contributed by atoms with Crippen LogP contribution >= 0.6 is 0 Å². The second-order valence-electron chi connectivity index (χ2n) is 5.90. The molecule has 0 bridgehead atoms. The van der Waals surface area contributed by atoms with Gasteiger partial charge in [-0.25, -0.2) is 4.79 Å². The maximum absolute atomic E-state index is 11.7. The van der Waals surface area contributed by atoms with E-state index in [0.717, 1.165) is 6.42 Å². The highest BCUT2D eigenvalue weighted by atomic mass is 16.4. The lowest BCUT2D eigenvalue weighted by Crippen LogP contribution is -2.59. The van der Waals surface area contributed by atoms with Crippen LogP contribution in [0.5, 0.6) is 0 Å². The minimum atomic E-state index is -1.04. The van der Waals surface area contributed by atoms with Crippen molar-refractivity contribution < 1.29 is 14.7 Å². The SMILES string of the molecule is CCC(C)CNC(=O)NC(C)(C)C(C)(C)C(=O)O. The van der Waals surface area contributed by atoms with E-state index in [2.05, 4.69) is 17.6 Å². The second-order valence-corrected chi connectivity index (χ2v) is 5.90. The molecule has 0 aliphatic rings. The Kier molecular flexibility index (Phi) is 5.64. The van der Waals surface area contributed by atoms with Crippen LogP contribution in [0.2, 0.25) is 0 Å². The molecule has 18 heavy (non-hydrogen) atoms. The standard InChI is InChI=1S/C13H26N2O3/c1-7-9(2)8-14-11(18)15-13(5,6)12(3,4)10(16)17/h9H,7-8H2,1-6H3,(H,16,17)(H2,14,15,18). The molecule has 0 rings (SSSR count). The molecule has 106 valence electrons. The zero-order valence-electron chi connectivity index (χ0n) is 12.3. The average molecular weight is 258 g/mol. The second kappa shape index (κ2) is 6.07. The minimum absolute atomic E-state index is 0.324. The van der Waals surface area contributed by atoms with Crippen molar-refractivity contribution in [1.29, 1.82) is 0 Å². The molecule has 2 amide bonds. The van der Waals surface area contributed by atoms with Gasteiger partial charge in [0.25, 0.3) is 0 Å². The zero-order chi connectivity index (χ0) is 14.6. The number of amides is 2. The lowest BCUT2D eigenvalue weighted by molar-refractivity contribution is -0.150. The Hall–Kier alpha value is -1.26. The number of carbonyl (C=O) groups is 2. The van der Waals surface area contributed by atoms with Gasteiger partial charge in [-0.2, -0.15) is 0 Å². The van der Waals surface area contributed by atoms with E-state index in [1.807, 2.05) is 6.92 Å². The lowest BCUT2D eigenvalue weighted by atomic mass is 9.74. The van der Waals surface area contributed by atoms with Crippen molar-refractivity contribution in [3.05, 3.63) is 0 Å². The first kappa shape index (κ1) is 16.7. The predicted molar refractivity (Wildman–Crippen MR) is 71.5 cm³/mol. The number of carbonyl (C=O) groups excluding carboxylic acids is 1. The summed E-state index contributed by atoms with van der Waals surface area (Å²) in [4.78, 5) is 22.9. The molecular weight excluding hydrogens is 232 g/mol. The smallest absolute Gasteiger partial charge is 0.315 e. The fourth-order valence-electron chi connectivity index (χ4n) is 1.16. The lowest BCUT2D eigenvalue weighted by Gasteiger charge is -2.38. The summed E-state index contributed by atoms with van der Waals surface area (Å²) in [6.07, 6.45) is 0.990. The van der Waals surface area contributed by atoms with Crippen LogP contribution in [0.4, 0.5) is 4.79 Å². The Morgan fingerprint density at radius 2 is 1.72 bits per heavy atom. The van der Waals surface area contributed by atoms with Gasteiger partial charge in [0.05, 0.1) is 11.0 Å². The van der Waals surface area contributed by atoms with Crippen LogP contribution in [0.25, 0.3) is 0 Å². The van der Waals surface area contributed by atoms with E-state index in [0.29, 0.717) is 12.5 Å². The first-order valence-electron chi connectivity index (χ1n) is 6.34. The highest BCUT2D eigenvalue weighted by Gasteiger charge is 2.44. The molecule has 0 aromatic carbocycles. The van der Waals surface area contributed by atoms with E-state index in [-0.39, 0.29) is 6.03 Å². The van der Waals surface area contributed by atoms with Gasteiger partial charge in [-0.15, -0.1) is 0 Å². The van der Waals surface area contributed by atoms with E-state index in [9.17, 15) is 14.7 Å². The molecule has 0 spiro atoms. The van der Waals surface area contributed by atoms with E-state index < -0.39 is 16.9 Å². The normalized spacial score (nSPS) is 13.9. The molecule has 0 saturated heterocycles. The van der Waals surface area contributed by atoms with Gasteiger partial charge in [-0.1, -0.05) is 20.3 Å². The van der Waals surface area contributed by atoms with E-state index in [1.54, 1.807) is 27.7 Å². The third kappa shape index (κ3) is 4.20. The summed E-state index contributed by atoms with van der Waals surface area (Å²) in [5.41, 5.74) is -1.88. The number of hydrogen-bond donors (Lipinski definition) is 3. The molecular formula is C13H26N2O3. The molecule has 5 heteroatoms. The van der Waals surface area contributed by atoms with E-state index in [4.69, 9.17) is 0 Å².